The Morgan fingerprint density at radius 3 is 2.08 bits per heavy atom. The van der Waals surface area contributed by atoms with Crippen molar-refractivity contribution in [3.8, 4) is 0 Å². The van der Waals surface area contributed by atoms with Crippen molar-refractivity contribution >= 4 is 5.91 Å². The molecule has 0 radical (unpaired) electrons. The third-order valence-electron chi connectivity index (χ3n) is 2.35. The summed E-state index contributed by atoms with van der Waals surface area (Å²) in [4.78, 5) is 10.9. The molecule has 0 rings (SSSR count). The average Bonchev–Trinajstić information content (AvgIpc) is 1.98. The van der Waals surface area contributed by atoms with Crippen LogP contribution in [0.15, 0.2) is 0 Å². The minimum Gasteiger partial charge on any atom is -0.353 e. The van der Waals surface area contributed by atoms with Crippen LogP contribution in [0.4, 0.5) is 0 Å². The van der Waals surface area contributed by atoms with Crippen LogP contribution >= 0.6 is 0 Å². The standard InChI is InChI=1S/C10H21NO/c1-6-8(4)10(7(2)3)11-9(5)12/h7-8,10H,6H2,1-5H3,(H,11,12)/t8-,10-/m1/s1. The van der Waals surface area contributed by atoms with Crippen molar-refractivity contribution < 1.29 is 4.79 Å². The Bertz CT molecular complexity index is 143. The van der Waals surface area contributed by atoms with Gasteiger partial charge in [0, 0.05) is 13.0 Å². The van der Waals surface area contributed by atoms with Crippen LogP contribution in [0.5, 0.6) is 0 Å². The summed E-state index contributed by atoms with van der Waals surface area (Å²) in [6.45, 7) is 10.2. The van der Waals surface area contributed by atoms with E-state index in [1.807, 2.05) is 0 Å². The van der Waals surface area contributed by atoms with E-state index >= 15 is 0 Å². The van der Waals surface area contributed by atoms with Gasteiger partial charge in [-0.3, -0.25) is 4.79 Å². The number of carbonyl (C=O) groups excluding carboxylic acids is 1. The molecule has 0 spiro atoms. The summed E-state index contributed by atoms with van der Waals surface area (Å²) in [5.74, 6) is 1.16. The van der Waals surface area contributed by atoms with E-state index in [-0.39, 0.29) is 5.91 Å². The first-order valence-corrected chi connectivity index (χ1v) is 4.76. The van der Waals surface area contributed by atoms with E-state index in [4.69, 9.17) is 0 Å². The van der Waals surface area contributed by atoms with Crippen molar-refractivity contribution in [1.29, 1.82) is 0 Å². The fraction of sp³-hybridized carbons (Fsp3) is 0.900. The second-order valence-electron chi connectivity index (χ2n) is 3.86. The molecule has 0 fully saturated rings. The molecular weight excluding hydrogens is 150 g/mol. The molecule has 2 atom stereocenters. The van der Waals surface area contributed by atoms with E-state index in [9.17, 15) is 4.79 Å². The van der Waals surface area contributed by atoms with Crippen molar-refractivity contribution in [3.63, 3.8) is 0 Å². The predicted octanol–water partition coefficient (Wildman–Crippen LogP) is 2.19. The lowest BCUT2D eigenvalue weighted by molar-refractivity contribution is -0.120. The quantitative estimate of drug-likeness (QED) is 0.690. The largest absolute Gasteiger partial charge is 0.353 e. The fourth-order valence-corrected chi connectivity index (χ4v) is 1.45. The van der Waals surface area contributed by atoms with Crippen LogP contribution in [0, 0.1) is 11.8 Å². The predicted molar refractivity (Wildman–Crippen MR) is 51.9 cm³/mol. The van der Waals surface area contributed by atoms with Crippen molar-refractivity contribution in [2.45, 2.75) is 47.1 Å². The summed E-state index contributed by atoms with van der Waals surface area (Å²) < 4.78 is 0. The molecule has 0 saturated heterocycles. The Hall–Kier alpha value is -0.530. The lowest BCUT2D eigenvalue weighted by Gasteiger charge is -2.27. The molecule has 0 aliphatic heterocycles. The zero-order valence-corrected chi connectivity index (χ0v) is 8.85. The van der Waals surface area contributed by atoms with Crippen LogP contribution < -0.4 is 5.32 Å². The smallest absolute Gasteiger partial charge is 0.217 e. The summed E-state index contributed by atoms with van der Waals surface area (Å²) in [5.41, 5.74) is 0. The van der Waals surface area contributed by atoms with Gasteiger partial charge in [-0.05, 0) is 11.8 Å². The van der Waals surface area contributed by atoms with Crippen LogP contribution in [0.1, 0.15) is 41.0 Å². The summed E-state index contributed by atoms with van der Waals surface area (Å²) >= 11 is 0. The first-order valence-electron chi connectivity index (χ1n) is 4.76. The highest BCUT2D eigenvalue weighted by molar-refractivity contribution is 5.73. The minimum atomic E-state index is 0.0778. The molecule has 0 aromatic heterocycles. The molecule has 1 N–H and O–H groups in total. The zero-order valence-electron chi connectivity index (χ0n) is 8.85. The van der Waals surface area contributed by atoms with Crippen LogP contribution in [0.25, 0.3) is 0 Å². The van der Waals surface area contributed by atoms with Crippen LogP contribution in [-0.2, 0) is 4.79 Å². The molecule has 0 unspecified atom stereocenters. The van der Waals surface area contributed by atoms with Crippen LogP contribution in [0.2, 0.25) is 0 Å². The monoisotopic (exact) mass is 171 g/mol. The molecule has 0 bridgehead atoms. The Morgan fingerprint density at radius 1 is 1.33 bits per heavy atom. The maximum absolute atomic E-state index is 10.9. The van der Waals surface area contributed by atoms with Crippen LogP contribution in [-0.4, -0.2) is 11.9 Å². The van der Waals surface area contributed by atoms with Gasteiger partial charge in [-0.25, -0.2) is 0 Å². The number of amides is 1. The van der Waals surface area contributed by atoms with Crippen molar-refractivity contribution in [2.24, 2.45) is 11.8 Å². The molecule has 0 heterocycles. The lowest BCUT2D eigenvalue weighted by Crippen LogP contribution is -2.41. The van der Waals surface area contributed by atoms with E-state index in [2.05, 4.69) is 33.0 Å². The number of carbonyl (C=O) groups is 1. The average molecular weight is 171 g/mol. The Labute approximate surface area is 75.7 Å². The molecule has 2 nitrogen and oxygen atoms in total. The summed E-state index contributed by atoms with van der Waals surface area (Å²) in [6.07, 6.45) is 1.11. The maximum atomic E-state index is 10.9. The molecule has 0 aliphatic carbocycles. The second kappa shape index (κ2) is 5.18. The summed E-state index contributed by atoms with van der Waals surface area (Å²) in [7, 11) is 0. The van der Waals surface area contributed by atoms with E-state index in [1.165, 1.54) is 0 Å². The summed E-state index contributed by atoms with van der Waals surface area (Å²) in [6, 6.07) is 0.326. The van der Waals surface area contributed by atoms with Gasteiger partial charge in [0.2, 0.25) is 5.91 Å². The molecular formula is C10H21NO. The topological polar surface area (TPSA) is 29.1 Å². The van der Waals surface area contributed by atoms with Crippen LogP contribution in [0.3, 0.4) is 0 Å². The highest BCUT2D eigenvalue weighted by Gasteiger charge is 2.19. The molecule has 1 amide bonds. The highest BCUT2D eigenvalue weighted by atomic mass is 16.1. The first kappa shape index (κ1) is 11.5. The van der Waals surface area contributed by atoms with Gasteiger partial charge in [0.1, 0.15) is 0 Å². The van der Waals surface area contributed by atoms with Crippen molar-refractivity contribution in [3.05, 3.63) is 0 Å². The minimum absolute atomic E-state index is 0.0778. The molecule has 0 saturated carbocycles. The third kappa shape index (κ3) is 3.74. The number of hydrogen-bond acceptors (Lipinski definition) is 1. The summed E-state index contributed by atoms with van der Waals surface area (Å²) in [5, 5.41) is 2.99. The zero-order chi connectivity index (χ0) is 9.72. The molecule has 0 aromatic carbocycles. The van der Waals surface area contributed by atoms with E-state index in [0.717, 1.165) is 6.42 Å². The number of nitrogens with one attached hydrogen (secondary N) is 1. The SMILES string of the molecule is CC[C@@H](C)[C@H](NC(C)=O)C(C)C. The van der Waals surface area contributed by atoms with Crippen molar-refractivity contribution in [1.82, 2.24) is 5.32 Å². The van der Waals surface area contributed by atoms with E-state index in [1.54, 1.807) is 6.92 Å². The Balaban J connectivity index is 4.12. The highest BCUT2D eigenvalue weighted by Crippen LogP contribution is 2.15. The second-order valence-corrected chi connectivity index (χ2v) is 3.86. The Morgan fingerprint density at radius 2 is 1.83 bits per heavy atom. The van der Waals surface area contributed by atoms with E-state index in [0.29, 0.717) is 17.9 Å². The molecule has 72 valence electrons. The first-order chi connectivity index (χ1) is 5.49. The van der Waals surface area contributed by atoms with Gasteiger partial charge in [0.15, 0.2) is 0 Å². The molecule has 0 aromatic rings. The molecule has 2 heteroatoms. The van der Waals surface area contributed by atoms with Gasteiger partial charge < -0.3 is 5.32 Å². The number of rotatable bonds is 4. The fourth-order valence-electron chi connectivity index (χ4n) is 1.45. The lowest BCUT2D eigenvalue weighted by atomic mass is 9.90. The van der Waals surface area contributed by atoms with Crippen molar-refractivity contribution in [2.75, 3.05) is 0 Å². The van der Waals surface area contributed by atoms with Gasteiger partial charge >= 0.3 is 0 Å². The van der Waals surface area contributed by atoms with Gasteiger partial charge in [-0.15, -0.1) is 0 Å². The van der Waals surface area contributed by atoms with Gasteiger partial charge in [0.05, 0.1) is 0 Å². The number of hydrogen-bond donors (Lipinski definition) is 1. The van der Waals surface area contributed by atoms with Gasteiger partial charge in [-0.2, -0.15) is 0 Å². The van der Waals surface area contributed by atoms with E-state index < -0.39 is 0 Å². The third-order valence-corrected chi connectivity index (χ3v) is 2.35. The van der Waals surface area contributed by atoms with Gasteiger partial charge in [0.25, 0.3) is 0 Å². The molecule has 0 aliphatic rings. The maximum Gasteiger partial charge on any atom is 0.217 e. The van der Waals surface area contributed by atoms with Gasteiger partial charge in [-0.1, -0.05) is 34.1 Å². The molecule has 12 heavy (non-hydrogen) atoms. The normalized spacial score (nSPS) is 15.8. The Kier molecular flexibility index (Phi) is 4.95.